The largest absolute Gasteiger partial charge is 0.383 e. The van der Waals surface area contributed by atoms with Crippen molar-refractivity contribution in [2.45, 2.75) is 6.04 Å². The van der Waals surface area contributed by atoms with Crippen LogP contribution in [0, 0.1) is 0 Å². The molecule has 1 aliphatic heterocycles. The van der Waals surface area contributed by atoms with E-state index in [1.165, 1.54) is 5.69 Å². The van der Waals surface area contributed by atoms with E-state index in [0.29, 0.717) is 0 Å². The fourth-order valence-electron chi connectivity index (χ4n) is 3.74. The monoisotopic (exact) mass is 396 g/mol. The van der Waals surface area contributed by atoms with E-state index >= 15 is 0 Å². The topological polar surface area (TPSA) is 48.1 Å². The standard InChI is InChI=1S/C23H32N4O2/c1-25(2)22(19-7-5-4-6-8-19)23(28)24-20-9-11-21(12-10-20)27-15-13-26(14-16-27)17-18-29-3/h4-12,22H,13-18H2,1-3H3,(H,24,28). The summed E-state index contributed by atoms with van der Waals surface area (Å²) >= 11 is 0. The molecule has 2 aromatic carbocycles. The van der Waals surface area contributed by atoms with Gasteiger partial charge in [0.15, 0.2) is 0 Å². The Labute approximate surface area is 174 Å². The van der Waals surface area contributed by atoms with Gasteiger partial charge in [0.25, 0.3) is 0 Å². The van der Waals surface area contributed by atoms with E-state index in [9.17, 15) is 4.79 Å². The second kappa shape index (κ2) is 10.4. The van der Waals surface area contributed by atoms with Gasteiger partial charge in [0.05, 0.1) is 6.61 Å². The van der Waals surface area contributed by atoms with Crippen molar-refractivity contribution >= 4 is 17.3 Å². The smallest absolute Gasteiger partial charge is 0.246 e. The molecule has 6 nitrogen and oxygen atoms in total. The number of anilines is 2. The highest BCUT2D eigenvalue weighted by Crippen LogP contribution is 2.23. The van der Waals surface area contributed by atoms with Crippen LogP contribution >= 0.6 is 0 Å². The number of piperazine rings is 1. The van der Waals surface area contributed by atoms with Gasteiger partial charge in [-0.25, -0.2) is 0 Å². The zero-order chi connectivity index (χ0) is 20.6. The Morgan fingerprint density at radius 2 is 1.69 bits per heavy atom. The number of ether oxygens (including phenoxy) is 1. The predicted octanol–water partition coefficient (Wildman–Crippen LogP) is 2.70. The van der Waals surface area contributed by atoms with Crippen molar-refractivity contribution in [1.82, 2.24) is 9.80 Å². The molecule has 1 unspecified atom stereocenters. The summed E-state index contributed by atoms with van der Waals surface area (Å²) in [6, 6.07) is 17.7. The van der Waals surface area contributed by atoms with Crippen molar-refractivity contribution < 1.29 is 9.53 Å². The minimum atomic E-state index is -0.323. The molecule has 0 aromatic heterocycles. The van der Waals surface area contributed by atoms with E-state index in [-0.39, 0.29) is 11.9 Å². The third-order valence-electron chi connectivity index (χ3n) is 5.36. The van der Waals surface area contributed by atoms with E-state index < -0.39 is 0 Å². The molecule has 156 valence electrons. The van der Waals surface area contributed by atoms with E-state index in [1.807, 2.05) is 61.5 Å². The lowest BCUT2D eigenvalue weighted by Crippen LogP contribution is -2.47. The van der Waals surface area contributed by atoms with Crippen LogP contribution < -0.4 is 10.2 Å². The van der Waals surface area contributed by atoms with E-state index in [1.54, 1.807) is 7.11 Å². The summed E-state index contributed by atoms with van der Waals surface area (Å²) in [5.74, 6) is -0.0271. The van der Waals surface area contributed by atoms with Crippen molar-refractivity contribution in [3.8, 4) is 0 Å². The normalized spacial score (nSPS) is 16.1. The van der Waals surface area contributed by atoms with Crippen molar-refractivity contribution in [3.63, 3.8) is 0 Å². The average Bonchev–Trinajstić information content (AvgIpc) is 2.74. The first kappa shape index (κ1) is 21.3. The second-order valence-corrected chi connectivity index (χ2v) is 7.63. The number of benzene rings is 2. The average molecular weight is 397 g/mol. The molecule has 2 aromatic rings. The van der Waals surface area contributed by atoms with Crippen LogP contribution in [0.15, 0.2) is 54.6 Å². The van der Waals surface area contributed by atoms with Gasteiger partial charge < -0.3 is 15.0 Å². The molecule has 1 saturated heterocycles. The molecule has 0 spiro atoms. The first-order chi connectivity index (χ1) is 14.1. The molecule has 1 fully saturated rings. The van der Waals surface area contributed by atoms with Gasteiger partial charge in [-0.15, -0.1) is 0 Å². The maximum absolute atomic E-state index is 12.9. The summed E-state index contributed by atoms with van der Waals surface area (Å²) in [4.78, 5) is 19.6. The van der Waals surface area contributed by atoms with Gasteiger partial charge in [0.1, 0.15) is 6.04 Å². The van der Waals surface area contributed by atoms with E-state index in [0.717, 1.165) is 50.6 Å². The van der Waals surface area contributed by atoms with Crippen LogP contribution in [0.3, 0.4) is 0 Å². The first-order valence-corrected chi connectivity index (χ1v) is 10.2. The third-order valence-corrected chi connectivity index (χ3v) is 5.36. The molecule has 29 heavy (non-hydrogen) atoms. The third kappa shape index (κ3) is 5.79. The quantitative estimate of drug-likeness (QED) is 0.744. The summed E-state index contributed by atoms with van der Waals surface area (Å²) in [7, 11) is 5.59. The minimum absolute atomic E-state index is 0.0271. The van der Waals surface area contributed by atoms with E-state index in [4.69, 9.17) is 4.74 Å². The molecular weight excluding hydrogens is 364 g/mol. The molecule has 1 amide bonds. The maximum atomic E-state index is 12.9. The maximum Gasteiger partial charge on any atom is 0.246 e. The molecule has 6 heteroatoms. The van der Waals surface area contributed by atoms with Crippen molar-refractivity contribution in [2.24, 2.45) is 0 Å². The van der Waals surface area contributed by atoms with E-state index in [2.05, 4.69) is 27.2 Å². The number of methoxy groups -OCH3 is 1. The van der Waals surface area contributed by atoms with Gasteiger partial charge in [-0.3, -0.25) is 14.6 Å². The summed E-state index contributed by atoms with van der Waals surface area (Å²) in [6.07, 6.45) is 0. The second-order valence-electron chi connectivity index (χ2n) is 7.63. The number of likely N-dealkylation sites (N-methyl/N-ethyl adjacent to an activating group) is 1. The minimum Gasteiger partial charge on any atom is -0.383 e. The van der Waals surface area contributed by atoms with Crippen LogP contribution in [0.4, 0.5) is 11.4 Å². The molecule has 0 radical (unpaired) electrons. The summed E-state index contributed by atoms with van der Waals surface area (Å²) in [5, 5.41) is 3.06. The fourth-order valence-corrected chi connectivity index (χ4v) is 3.74. The Morgan fingerprint density at radius 1 is 1.03 bits per heavy atom. The lowest BCUT2D eigenvalue weighted by atomic mass is 10.1. The summed E-state index contributed by atoms with van der Waals surface area (Å²) in [6.45, 7) is 5.88. The fraction of sp³-hybridized carbons (Fsp3) is 0.435. The molecular formula is C23H32N4O2. The van der Waals surface area contributed by atoms with Crippen molar-refractivity contribution in [2.75, 3.05) is 70.8 Å². The van der Waals surface area contributed by atoms with Gasteiger partial charge in [0, 0.05) is 51.2 Å². The first-order valence-electron chi connectivity index (χ1n) is 10.2. The highest BCUT2D eigenvalue weighted by Gasteiger charge is 2.23. The van der Waals surface area contributed by atoms with Crippen LogP contribution in [0.5, 0.6) is 0 Å². The molecule has 1 heterocycles. The summed E-state index contributed by atoms with van der Waals surface area (Å²) < 4.78 is 5.17. The Morgan fingerprint density at radius 3 is 2.28 bits per heavy atom. The molecule has 3 rings (SSSR count). The Balaban J connectivity index is 1.58. The van der Waals surface area contributed by atoms with Gasteiger partial charge in [-0.2, -0.15) is 0 Å². The van der Waals surface area contributed by atoms with Crippen LogP contribution in [-0.2, 0) is 9.53 Å². The number of nitrogens with one attached hydrogen (secondary N) is 1. The molecule has 1 N–H and O–H groups in total. The van der Waals surface area contributed by atoms with Crippen LogP contribution in [0.2, 0.25) is 0 Å². The zero-order valence-corrected chi connectivity index (χ0v) is 17.7. The van der Waals surface area contributed by atoms with Crippen LogP contribution in [0.25, 0.3) is 0 Å². The zero-order valence-electron chi connectivity index (χ0n) is 17.7. The molecule has 0 bridgehead atoms. The van der Waals surface area contributed by atoms with Gasteiger partial charge >= 0.3 is 0 Å². The molecule has 0 saturated carbocycles. The number of carbonyl (C=O) groups is 1. The number of hydrogen-bond donors (Lipinski definition) is 1. The highest BCUT2D eigenvalue weighted by molar-refractivity contribution is 5.95. The number of hydrogen-bond acceptors (Lipinski definition) is 5. The van der Waals surface area contributed by atoms with Gasteiger partial charge in [0.2, 0.25) is 5.91 Å². The molecule has 1 aliphatic rings. The van der Waals surface area contributed by atoms with Crippen molar-refractivity contribution in [1.29, 1.82) is 0 Å². The molecule has 0 aliphatic carbocycles. The Hall–Kier alpha value is -2.41. The lowest BCUT2D eigenvalue weighted by molar-refractivity contribution is -0.120. The number of rotatable bonds is 8. The molecule has 1 atom stereocenters. The van der Waals surface area contributed by atoms with Crippen LogP contribution in [-0.4, -0.2) is 76.2 Å². The summed E-state index contributed by atoms with van der Waals surface area (Å²) in [5.41, 5.74) is 3.00. The highest BCUT2D eigenvalue weighted by atomic mass is 16.5. The number of carbonyl (C=O) groups excluding carboxylic acids is 1. The Kier molecular flexibility index (Phi) is 7.63. The SMILES string of the molecule is COCCN1CCN(c2ccc(NC(=O)C(c3ccccc3)N(C)C)cc2)CC1. The Bertz CT molecular complexity index is 756. The van der Waals surface area contributed by atoms with Crippen LogP contribution in [0.1, 0.15) is 11.6 Å². The predicted molar refractivity (Wildman–Crippen MR) is 118 cm³/mol. The number of amides is 1. The van der Waals surface area contributed by atoms with Gasteiger partial charge in [-0.1, -0.05) is 30.3 Å². The lowest BCUT2D eigenvalue weighted by Gasteiger charge is -2.36. The number of nitrogens with zero attached hydrogens (tertiary/aromatic N) is 3. The van der Waals surface area contributed by atoms with Gasteiger partial charge in [-0.05, 0) is 43.9 Å². The van der Waals surface area contributed by atoms with Crippen molar-refractivity contribution in [3.05, 3.63) is 60.2 Å².